The van der Waals surface area contributed by atoms with Gasteiger partial charge in [-0.3, -0.25) is 0 Å². The Morgan fingerprint density at radius 3 is 1.14 bits per heavy atom. The summed E-state index contributed by atoms with van der Waals surface area (Å²) in [5.41, 5.74) is 8.83. The molecule has 0 aromatic heterocycles. The fourth-order valence-corrected chi connectivity index (χ4v) is 6.36. The Hall–Kier alpha value is -5.60. The van der Waals surface area contributed by atoms with Gasteiger partial charge in [-0.1, -0.05) is 140 Å². The summed E-state index contributed by atoms with van der Waals surface area (Å²) in [4.78, 5) is 4.97. The van der Waals surface area contributed by atoms with Gasteiger partial charge in [0.15, 0.2) is 0 Å². The maximum atomic E-state index is 2.49. The molecule has 1 aliphatic carbocycles. The quantitative estimate of drug-likeness (QED) is 0.169. The van der Waals surface area contributed by atoms with Gasteiger partial charge in [-0.15, -0.1) is 0 Å². The summed E-state index contributed by atoms with van der Waals surface area (Å²) in [7, 11) is 0. The molecule has 212 valence electrons. The molecule has 0 fully saturated rings. The lowest BCUT2D eigenvalue weighted by molar-refractivity contribution is 0.526. The van der Waals surface area contributed by atoms with Crippen molar-refractivity contribution in [2.45, 2.75) is 12.1 Å². The highest BCUT2D eigenvalue weighted by Crippen LogP contribution is 2.47. The topological polar surface area (TPSA) is 6.48 Å². The van der Waals surface area contributed by atoms with E-state index in [1.54, 1.807) is 0 Å². The number of hydrogen-bond acceptors (Lipinski definition) is 2. The van der Waals surface area contributed by atoms with Gasteiger partial charge in [-0.2, -0.15) is 0 Å². The van der Waals surface area contributed by atoms with E-state index in [0.29, 0.717) is 0 Å². The van der Waals surface area contributed by atoms with Crippen LogP contribution in [0.5, 0.6) is 0 Å². The zero-order chi connectivity index (χ0) is 29.6. The van der Waals surface area contributed by atoms with Gasteiger partial charge in [0.2, 0.25) is 0 Å². The molecule has 0 atom stereocenters. The molecule has 1 aliphatic rings. The second-order valence-corrected chi connectivity index (χ2v) is 11.0. The Labute approximate surface area is 260 Å². The van der Waals surface area contributed by atoms with E-state index >= 15 is 0 Å². The summed E-state index contributed by atoms with van der Waals surface area (Å²) >= 11 is 0. The molecule has 6 aromatic rings. The van der Waals surface area contributed by atoms with Crippen molar-refractivity contribution in [3.05, 3.63) is 200 Å². The lowest BCUT2D eigenvalue weighted by Crippen LogP contribution is -2.57. The molecule has 44 heavy (non-hydrogen) atoms. The van der Waals surface area contributed by atoms with Crippen LogP contribution in [0.4, 0.5) is 22.7 Å². The molecule has 0 N–H and O–H groups in total. The van der Waals surface area contributed by atoms with Gasteiger partial charge in [0.1, 0.15) is 5.66 Å². The van der Waals surface area contributed by atoms with Crippen molar-refractivity contribution in [2.24, 2.45) is 0 Å². The summed E-state index contributed by atoms with van der Waals surface area (Å²) in [6.45, 7) is 0. The number of nitrogens with zero attached hydrogens (tertiary/aromatic N) is 2. The summed E-state index contributed by atoms with van der Waals surface area (Å²) in [6.07, 6.45) is 7.89. The molecule has 0 saturated heterocycles. The number of para-hydroxylation sites is 4. The molecule has 0 radical (unpaired) electrons. The molecule has 0 unspecified atom stereocenters. The van der Waals surface area contributed by atoms with Crippen LogP contribution in [0.3, 0.4) is 0 Å². The molecule has 0 spiro atoms. The van der Waals surface area contributed by atoms with Crippen molar-refractivity contribution in [1.29, 1.82) is 0 Å². The maximum absolute atomic E-state index is 2.49. The number of hydrogen-bond donors (Lipinski definition) is 0. The van der Waals surface area contributed by atoms with Gasteiger partial charge in [-0.05, 0) is 76.9 Å². The monoisotopic (exact) mass is 566 g/mol. The molecule has 0 amide bonds. The fraction of sp³-hybridized carbons (Fsp3) is 0.0476. The number of anilines is 4. The molecular formula is C42H34N2. The highest BCUT2D eigenvalue weighted by atomic mass is 15.4. The SMILES string of the molecule is C1=CC(N(c2ccccc2)c2ccccc2)(N(c2ccccc2)c2ccccc2)CC=C1c1ccccc1-c1ccccc1. The van der Waals surface area contributed by atoms with Gasteiger partial charge in [0, 0.05) is 29.2 Å². The summed E-state index contributed by atoms with van der Waals surface area (Å²) in [5, 5.41) is 0. The van der Waals surface area contributed by atoms with Crippen LogP contribution in [0.2, 0.25) is 0 Å². The smallest absolute Gasteiger partial charge is 0.145 e. The van der Waals surface area contributed by atoms with Crippen molar-refractivity contribution < 1.29 is 0 Å². The van der Waals surface area contributed by atoms with Crippen molar-refractivity contribution in [3.8, 4) is 11.1 Å². The average molecular weight is 567 g/mol. The first-order valence-corrected chi connectivity index (χ1v) is 15.2. The van der Waals surface area contributed by atoms with E-state index in [9.17, 15) is 0 Å². The Kier molecular flexibility index (Phi) is 7.63. The molecule has 6 aromatic carbocycles. The van der Waals surface area contributed by atoms with E-state index in [4.69, 9.17) is 0 Å². The van der Waals surface area contributed by atoms with Crippen molar-refractivity contribution in [1.82, 2.24) is 0 Å². The predicted molar refractivity (Wildman–Crippen MR) is 186 cm³/mol. The largest absolute Gasteiger partial charge is 0.314 e. The van der Waals surface area contributed by atoms with E-state index in [1.165, 1.54) is 22.3 Å². The highest BCUT2D eigenvalue weighted by molar-refractivity contribution is 5.88. The lowest BCUT2D eigenvalue weighted by atomic mass is 9.86. The van der Waals surface area contributed by atoms with Crippen LogP contribution in [0.1, 0.15) is 12.0 Å². The first kappa shape index (κ1) is 27.2. The highest BCUT2D eigenvalue weighted by Gasteiger charge is 2.43. The van der Waals surface area contributed by atoms with Crippen LogP contribution in [0, 0.1) is 0 Å². The minimum atomic E-state index is -0.601. The Morgan fingerprint density at radius 2 is 0.750 bits per heavy atom. The third-order valence-electron chi connectivity index (χ3n) is 8.31. The number of benzene rings is 6. The Bertz CT molecular complexity index is 1700. The number of rotatable bonds is 8. The maximum Gasteiger partial charge on any atom is 0.145 e. The van der Waals surface area contributed by atoms with Crippen LogP contribution >= 0.6 is 0 Å². The van der Waals surface area contributed by atoms with Crippen LogP contribution in [-0.4, -0.2) is 5.66 Å². The Balaban J connectivity index is 1.45. The zero-order valence-electron chi connectivity index (χ0n) is 24.6. The lowest BCUT2D eigenvalue weighted by Gasteiger charge is -2.52. The third-order valence-corrected chi connectivity index (χ3v) is 8.31. The zero-order valence-corrected chi connectivity index (χ0v) is 24.6. The minimum Gasteiger partial charge on any atom is -0.314 e. The second kappa shape index (κ2) is 12.3. The second-order valence-electron chi connectivity index (χ2n) is 11.0. The van der Waals surface area contributed by atoms with Crippen LogP contribution in [-0.2, 0) is 0 Å². The normalized spacial score (nSPS) is 13.6. The van der Waals surface area contributed by atoms with Crippen LogP contribution in [0.25, 0.3) is 16.7 Å². The van der Waals surface area contributed by atoms with Crippen molar-refractivity contribution >= 4 is 28.3 Å². The molecule has 0 bridgehead atoms. The van der Waals surface area contributed by atoms with E-state index < -0.39 is 5.66 Å². The van der Waals surface area contributed by atoms with Crippen LogP contribution < -0.4 is 9.80 Å². The van der Waals surface area contributed by atoms with Gasteiger partial charge < -0.3 is 9.80 Å². The molecule has 0 aliphatic heterocycles. The van der Waals surface area contributed by atoms with Crippen molar-refractivity contribution in [3.63, 3.8) is 0 Å². The van der Waals surface area contributed by atoms with Crippen molar-refractivity contribution in [2.75, 3.05) is 9.80 Å². The standard InChI is InChI=1S/C42H34N2/c1-6-18-34(19-7-1)40-28-16-17-29-41(40)35-30-32-42(33-31-35,43(36-20-8-2-9-21-36)37-22-10-3-11-23-37)44(38-24-12-4-13-25-38)39-26-14-5-15-27-39/h1-32H,33H2. The minimum absolute atomic E-state index is 0.601. The average Bonchev–Trinajstić information content (AvgIpc) is 3.11. The number of allylic oxidation sites excluding steroid dienone is 2. The van der Waals surface area contributed by atoms with Crippen LogP contribution in [0.15, 0.2) is 194 Å². The van der Waals surface area contributed by atoms with E-state index in [2.05, 4.69) is 204 Å². The summed E-state index contributed by atoms with van der Waals surface area (Å²) in [5.74, 6) is 0. The van der Waals surface area contributed by atoms with E-state index in [0.717, 1.165) is 29.2 Å². The summed E-state index contributed by atoms with van der Waals surface area (Å²) in [6, 6.07) is 62.4. The first-order chi connectivity index (χ1) is 21.8. The summed E-state index contributed by atoms with van der Waals surface area (Å²) < 4.78 is 0. The van der Waals surface area contributed by atoms with E-state index in [1.807, 2.05) is 0 Å². The van der Waals surface area contributed by atoms with E-state index in [-0.39, 0.29) is 0 Å². The molecule has 2 heteroatoms. The molecule has 0 heterocycles. The predicted octanol–water partition coefficient (Wildman–Crippen LogP) is 11.1. The molecule has 0 saturated carbocycles. The Morgan fingerprint density at radius 1 is 0.386 bits per heavy atom. The third kappa shape index (κ3) is 5.23. The van der Waals surface area contributed by atoms with Gasteiger partial charge in [0.05, 0.1) is 0 Å². The first-order valence-electron chi connectivity index (χ1n) is 15.2. The molecule has 2 nitrogen and oxygen atoms in total. The fourth-order valence-electron chi connectivity index (χ4n) is 6.36. The van der Waals surface area contributed by atoms with Gasteiger partial charge in [-0.25, -0.2) is 0 Å². The molecular weight excluding hydrogens is 532 g/mol. The van der Waals surface area contributed by atoms with Gasteiger partial charge in [0.25, 0.3) is 0 Å². The van der Waals surface area contributed by atoms with Gasteiger partial charge >= 0.3 is 0 Å². The molecule has 7 rings (SSSR count).